The van der Waals surface area contributed by atoms with Gasteiger partial charge in [0.15, 0.2) is 5.13 Å². The molecular weight excluding hydrogens is 364 g/mol. The molecular formula is C17H15ClN2O2S2. The van der Waals surface area contributed by atoms with E-state index in [2.05, 4.69) is 4.98 Å². The molecule has 2 heterocycles. The standard InChI is InChI=1S/C17H15ClN2O2S2/c18-13-5-3-12(4-6-13)15-11-24-17(19-15)20(8-7-16(21)22)10-14-2-1-9-23-14/h1-6,9,11H,7-8,10H2,(H,21,22). The second-order valence-electron chi connectivity index (χ2n) is 5.17. The monoisotopic (exact) mass is 378 g/mol. The van der Waals surface area contributed by atoms with Crippen LogP contribution in [-0.4, -0.2) is 22.6 Å². The summed E-state index contributed by atoms with van der Waals surface area (Å²) < 4.78 is 0. The number of nitrogens with zero attached hydrogens (tertiary/aromatic N) is 2. The normalized spacial score (nSPS) is 10.7. The minimum absolute atomic E-state index is 0.0846. The first-order valence-corrected chi connectivity index (χ1v) is 9.46. The molecule has 0 radical (unpaired) electrons. The van der Waals surface area contributed by atoms with E-state index in [1.807, 2.05) is 52.1 Å². The third kappa shape index (κ3) is 4.35. The zero-order valence-electron chi connectivity index (χ0n) is 12.7. The first kappa shape index (κ1) is 17.0. The van der Waals surface area contributed by atoms with E-state index in [4.69, 9.17) is 16.7 Å². The second-order valence-corrected chi connectivity index (χ2v) is 7.47. The predicted octanol–water partition coefficient (Wildman–Crippen LogP) is 5.01. The van der Waals surface area contributed by atoms with Gasteiger partial charge in [-0.05, 0) is 23.6 Å². The maximum absolute atomic E-state index is 10.9. The van der Waals surface area contributed by atoms with Crippen molar-refractivity contribution in [1.29, 1.82) is 0 Å². The molecule has 0 aliphatic heterocycles. The highest BCUT2D eigenvalue weighted by Gasteiger charge is 2.14. The Morgan fingerprint density at radius 2 is 2.00 bits per heavy atom. The smallest absolute Gasteiger partial charge is 0.305 e. The molecule has 2 aromatic heterocycles. The minimum Gasteiger partial charge on any atom is -0.481 e. The number of aromatic nitrogens is 1. The molecule has 0 atom stereocenters. The predicted molar refractivity (Wildman–Crippen MR) is 100 cm³/mol. The van der Waals surface area contributed by atoms with E-state index >= 15 is 0 Å². The van der Waals surface area contributed by atoms with Gasteiger partial charge in [0.2, 0.25) is 0 Å². The fourth-order valence-electron chi connectivity index (χ4n) is 2.23. The molecule has 0 fully saturated rings. The third-order valence-electron chi connectivity index (χ3n) is 3.42. The summed E-state index contributed by atoms with van der Waals surface area (Å²) in [5, 5.41) is 14.5. The summed E-state index contributed by atoms with van der Waals surface area (Å²) >= 11 is 9.11. The number of carboxylic acids is 1. The van der Waals surface area contributed by atoms with Crippen LogP contribution in [0.5, 0.6) is 0 Å². The lowest BCUT2D eigenvalue weighted by molar-refractivity contribution is -0.136. The van der Waals surface area contributed by atoms with Crippen LogP contribution in [0.1, 0.15) is 11.3 Å². The third-order valence-corrected chi connectivity index (χ3v) is 5.44. The first-order valence-electron chi connectivity index (χ1n) is 7.32. The molecule has 0 bridgehead atoms. The molecule has 24 heavy (non-hydrogen) atoms. The Labute approximate surface area is 153 Å². The topological polar surface area (TPSA) is 53.4 Å². The zero-order chi connectivity index (χ0) is 16.9. The van der Waals surface area contributed by atoms with Crippen molar-refractivity contribution in [3.05, 3.63) is 57.1 Å². The van der Waals surface area contributed by atoms with Gasteiger partial charge in [-0.1, -0.05) is 29.8 Å². The van der Waals surface area contributed by atoms with Crippen LogP contribution in [0.15, 0.2) is 47.2 Å². The van der Waals surface area contributed by atoms with Gasteiger partial charge >= 0.3 is 5.97 Å². The van der Waals surface area contributed by atoms with Crippen molar-refractivity contribution in [3.8, 4) is 11.3 Å². The fraction of sp³-hybridized carbons (Fsp3) is 0.176. The van der Waals surface area contributed by atoms with E-state index in [-0.39, 0.29) is 6.42 Å². The van der Waals surface area contributed by atoms with Crippen LogP contribution in [0.3, 0.4) is 0 Å². The van der Waals surface area contributed by atoms with Crippen molar-refractivity contribution in [3.63, 3.8) is 0 Å². The van der Waals surface area contributed by atoms with Crippen LogP contribution in [0.2, 0.25) is 5.02 Å². The van der Waals surface area contributed by atoms with Gasteiger partial charge in [-0.3, -0.25) is 4.79 Å². The van der Waals surface area contributed by atoms with Gasteiger partial charge < -0.3 is 10.0 Å². The molecule has 0 aliphatic carbocycles. The van der Waals surface area contributed by atoms with E-state index < -0.39 is 5.97 Å². The van der Waals surface area contributed by atoms with Crippen molar-refractivity contribution in [1.82, 2.24) is 4.98 Å². The summed E-state index contributed by atoms with van der Waals surface area (Å²) in [5.74, 6) is -0.805. The highest BCUT2D eigenvalue weighted by atomic mass is 35.5. The van der Waals surface area contributed by atoms with Gasteiger partial charge in [-0.25, -0.2) is 4.98 Å². The van der Waals surface area contributed by atoms with E-state index in [9.17, 15) is 4.79 Å². The summed E-state index contributed by atoms with van der Waals surface area (Å²) in [5.41, 5.74) is 1.87. The van der Waals surface area contributed by atoms with Gasteiger partial charge in [-0.2, -0.15) is 0 Å². The average molecular weight is 379 g/mol. The van der Waals surface area contributed by atoms with Gasteiger partial charge in [0.25, 0.3) is 0 Å². The van der Waals surface area contributed by atoms with Crippen LogP contribution in [0, 0.1) is 0 Å². The van der Waals surface area contributed by atoms with Crippen molar-refractivity contribution in [2.24, 2.45) is 0 Å². The molecule has 0 spiro atoms. The number of hydrogen-bond donors (Lipinski definition) is 1. The van der Waals surface area contributed by atoms with E-state index in [0.29, 0.717) is 18.1 Å². The average Bonchev–Trinajstić information content (AvgIpc) is 3.23. The van der Waals surface area contributed by atoms with Crippen molar-refractivity contribution < 1.29 is 9.90 Å². The van der Waals surface area contributed by atoms with E-state index in [0.717, 1.165) is 16.4 Å². The van der Waals surface area contributed by atoms with Crippen molar-refractivity contribution >= 4 is 45.4 Å². The van der Waals surface area contributed by atoms with Gasteiger partial charge in [0.05, 0.1) is 18.7 Å². The highest BCUT2D eigenvalue weighted by molar-refractivity contribution is 7.14. The maximum Gasteiger partial charge on any atom is 0.305 e. The molecule has 3 rings (SSSR count). The largest absolute Gasteiger partial charge is 0.481 e. The molecule has 0 aliphatic rings. The molecule has 0 saturated carbocycles. The number of benzene rings is 1. The Kier molecular flexibility index (Phi) is 5.50. The quantitative estimate of drug-likeness (QED) is 0.628. The Hall–Kier alpha value is -1.89. The molecule has 0 saturated heterocycles. The molecule has 3 aromatic rings. The Balaban J connectivity index is 1.81. The van der Waals surface area contributed by atoms with Gasteiger partial charge in [0.1, 0.15) is 0 Å². The number of anilines is 1. The van der Waals surface area contributed by atoms with Crippen LogP contribution < -0.4 is 4.90 Å². The summed E-state index contributed by atoms with van der Waals surface area (Å²) in [7, 11) is 0. The number of aliphatic carboxylic acids is 1. The van der Waals surface area contributed by atoms with Crippen molar-refractivity contribution in [2.75, 3.05) is 11.4 Å². The maximum atomic E-state index is 10.9. The summed E-state index contributed by atoms with van der Waals surface area (Å²) in [6.07, 6.45) is 0.0846. The lowest BCUT2D eigenvalue weighted by atomic mass is 10.2. The Morgan fingerprint density at radius 1 is 1.21 bits per heavy atom. The summed E-state index contributed by atoms with van der Waals surface area (Å²) in [6.45, 7) is 1.10. The number of carboxylic acid groups (broad SMARTS) is 1. The summed E-state index contributed by atoms with van der Waals surface area (Å²) in [4.78, 5) is 18.8. The van der Waals surface area contributed by atoms with E-state index in [1.165, 1.54) is 16.2 Å². The fourth-order valence-corrected chi connectivity index (χ4v) is 3.93. The van der Waals surface area contributed by atoms with Crippen LogP contribution in [-0.2, 0) is 11.3 Å². The number of hydrogen-bond acceptors (Lipinski definition) is 5. The number of thiazole rings is 1. The molecule has 1 N–H and O–H groups in total. The number of rotatable bonds is 7. The molecule has 124 valence electrons. The highest BCUT2D eigenvalue weighted by Crippen LogP contribution is 2.29. The van der Waals surface area contributed by atoms with Crippen LogP contribution in [0.4, 0.5) is 5.13 Å². The number of thiophene rings is 1. The van der Waals surface area contributed by atoms with Crippen LogP contribution in [0.25, 0.3) is 11.3 Å². The number of halogens is 1. The molecule has 1 aromatic carbocycles. The Morgan fingerprint density at radius 3 is 2.67 bits per heavy atom. The summed E-state index contributed by atoms with van der Waals surface area (Å²) in [6, 6.07) is 11.6. The van der Waals surface area contributed by atoms with Gasteiger partial charge in [0, 0.05) is 27.4 Å². The Bertz CT molecular complexity index is 800. The van der Waals surface area contributed by atoms with Gasteiger partial charge in [-0.15, -0.1) is 22.7 Å². The van der Waals surface area contributed by atoms with Crippen molar-refractivity contribution in [2.45, 2.75) is 13.0 Å². The lowest BCUT2D eigenvalue weighted by Gasteiger charge is -2.20. The zero-order valence-corrected chi connectivity index (χ0v) is 15.1. The molecule has 0 amide bonds. The van der Waals surface area contributed by atoms with E-state index in [1.54, 1.807) is 11.3 Å². The minimum atomic E-state index is -0.805. The molecule has 0 unspecified atom stereocenters. The number of carbonyl (C=O) groups is 1. The second kappa shape index (κ2) is 7.79. The molecule has 7 heteroatoms. The molecule has 4 nitrogen and oxygen atoms in total. The van der Waals surface area contributed by atoms with Crippen LogP contribution >= 0.6 is 34.3 Å². The lowest BCUT2D eigenvalue weighted by Crippen LogP contribution is -2.25. The first-order chi connectivity index (χ1) is 11.6. The SMILES string of the molecule is O=C(O)CCN(Cc1cccs1)c1nc(-c2ccc(Cl)cc2)cs1.